The molecular formula is C7H10N4O5. The molecule has 16 heavy (non-hydrogen) atoms. The Labute approximate surface area is 88.5 Å². The number of methoxy groups -OCH3 is 1. The van der Waals surface area contributed by atoms with Crippen LogP contribution in [0.3, 0.4) is 0 Å². The highest BCUT2D eigenvalue weighted by molar-refractivity contribution is 5.73. The molecule has 0 aromatic carbocycles. The molecule has 1 aromatic rings. The van der Waals surface area contributed by atoms with E-state index in [1.54, 1.807) is 0 Å². The van der Waals surface area contributed by atoms with Crippen molar-refractivity contribution in [1.82, 2.24) is 15.2 Å². The van der Waals surface area contributed by atoms with Crippen molar-refractivity contribution < 1.29 is 14.6 Å². The number of H-pyrrole nitrogens is 2. The van der Waals surface area contributed by atoms with Gasteiger partial charge in [0.25, 0.3) is 5.56 Å². The van der Waals surface area contributed by atoms with Crippen molar-refractivity contribution in [2.75, 3.05) is 19.0 Å². The van der Waals surface area contributed by atoms with E-state index in [-0.39, 0.29) is 12.4 Å². The number of aliphatic carboxylic acids is 1. The fourth-order valence-corrected chi connectivity index (χ4v) is 0.928. The van der Waals surface area contributed by atoms with Gasteiger partial charge in [0, 0.05) is 7.11 Å². The maximum Gasteiger partial charge on any atom is 0.342 e. The summed E-state index contributed by atoms with van der Waals surface area (Å²) in [4.78, 5) is 34.2. The van der Waals surface area contributed by atoms with Gasteiger partial charge >= 0.3 is 11.7 Å². The second-order valence-corrected chi connectivity index (χ2v) is 2.80. The molecular weight excluding hydrogens is 220 g/mol. The van der Waals surface area contributed by atoms with Crippen LogP contribution in [-0.2, 0) is 9.53 Å². The Morgan fingerprint density at radius 1 is 1.62 bits per heavy atom. The maximum absolute atomic E-state index is 11.1. The Balaban J connectivity index is 2.71. The summed E-state index contributed by atoms with van der Waals surface area (Å²) in [6.07, 6.45) is -1.10. The lowest BCUT2D eigenvalue weighted by molar-refractivity contribution is -0.147. The monoisotopic (exact) mass is 230 g/mol. The highest BCUT2D eigenvalue weighted by Gasteiger charge is 2.16. The largest absolute Gasteiger partial charge is 0.479 e. The van der Waals surface area contributed by atoms with Gasteiger partial charge in [-0.25, -0.2) is 14.7 Å². The normalized spacial score (nSPS) is 12.1. The van der Waals surface area contributed by atoms with E-state index in [1.807, 2.05) is 10.1 Å². The molecule has 0 bridgehead atoms. The smallest absolute Gasteiger partial charge is 0.342 e. The Kier molecular flexibility index (Phi) is 3.78. The molecule has 1 unspecified atom stereocenters. The molecule has 88 valence electrons. The molecule has 0 aliphatic rings. The average molecular weight is 230 g/mol. The van der Waals surface area contributed by atoms with Gasteiger partial charge in [0.1, 0.15) is 0 Å². The van der Waals surface area contributed by atoms with E-state index in [4.69, 9.17) is 5.11 Å². The number of carboxylic acid groups (broad SMARTS) is 1. The summed E-state index contributed by atoms with van der Waals surface area (Å²) < 4.78 is 4.62. The van der Waals surface area contributed by atoms with Crippen molar-refractivity contribution in [1.29, 1.82) is 0 Å². The lowest BCUT2D eigenvalue weighted by Gasteiger charge is -2.10. The summed E-state index contributed by atoms with van der Waals surface area (Å²) in [5, 5.41) is 16.5. The third-order valence-corrected chi connectivity index (χ3v) is 1.73. The molecule has 1 aromatic heterocycles. The van der Waals surface area contributed by atoms with E-state index in [0.29, 0.717) is 0 Å². The van der Waals surface area contributed by atoms with Crippen molar-refractivity contribution in [3.8, 4) is 0 Å². The number of ether oxygens (including phenoxy) is 1. The predicted octanol–water partition coefficient (Wildman–Crippen LogP) is -2.03. The van der Waals surface area contributed by atoms with Crippen LogP contribution in [-0.4, -0.2) is 46.0 Å². The van der Waals surface area contributed by atoms with Crippen molar-refractivity contribution in [3.05, 3.63) is 20.8 Å². The van der Waals surface area contributed by atoms with E-state index in [2.05, 4.69) is 15.2 Å². The van der Waals surface area contributed by atoms with E-state index >= 15 is 0 Å². The molecule has 0 saturated carbocycles. The van der Waals surface area contributed by atoms with E-state index < -0.39 is 23.3 Å². The molecule has 0 amide bonds. The maximum atomic E-state index is 11.1. The Morgan fingerprint density at radius 2 is 2.31 bits per heavy atom. The number of carbonyl (C=O) groups is 1. The van der Waals surface area contributed by atoms with Gasteiger partial charge in [0.05, 0.1) is 6.54 Å². The van der Waals surface area contributed by atoms with Crippen molar-refractivity contribution in [3.63, 3.8) is 0 Å². The Morgan fingerprint density at radius 3 is 2.81 bits per heavy atom. The number of anilines is 1. The van der Waals surface area contributed by atoms with Gasteiger partial charge in [-0.3, -0.25) is 9.78 Å². The number of nitrogens with one attached hydrogen (secondary N) is 3. The van der Waals surface area contributed by atoms with Crippen LogP contribution in [0.5, 0.6) is 0 Å². The first-order valence-electron chi connectivity index (χ1n) is 4.23. The van der Waals surface area contributed by atoms with Crippen LogP contribution < -0.4 is 16.6 Å². The zero-order valence-electron chi connectivity index (χ0n) is 8.31. The number of hydrogen-bond acceptors (Lipinski definition) is 6. The van der Waals surface area contributed by atoms with Crippen LogP contribution in [0.1, 0.15) is 0 Å². The first-order chi connectivity index (χ1) is 7.54. The number of hydrogen-bond donors (Lipinski definition) is 4. The Bertz CT molecular complexity index is 478. The lowest BCUT2D eigenvalue weighted by atomic mass is 10.3. The van der Waals surface area contributed by atoms with Crippen LogP contribution in [0, 0.1) is 0 Å². The molecule has 0 aliphatic carbocycles. The number of aromatic nitrogens is 3. The molecule has 9 nitrogen and oxygen atoms in total. The topological polar surface area (TPSA) is 137 Å². The summed E-state index contributed by atoms with van der Waals surface area (Å²) in [5.41, 5.74) is -1.47. The summed E-state index contributed by atoms with van der Waals surface area (Å²) >= 11 is 0. The third kappa shape index (κ3) is 2.92. The van der Waals surface area contributed by atoms with Crippen LogP contribution in [0.25, 0.3) is 0 Å². The average Bonchev–Trinajstić information content (AvgIpc) is 2.21. The van der Waals surface area contributed by atoms with Gasteiger partial charge in [-0.05, 0) is 0 Å². The predicted molar refractivity (Wildman–Crippen MR) is 52.4 cm³/mol. The summed E-state index contributed by atoms with van der Waals surface area (Å²) in [6, 6.07) is 0. The fraction of sp³-hybridized carbons (Fsp3) is 0.429. The molecule has 4 N–H and O–H groups in total. The fourth-order valence-electron chi connectivity index (χ4n) is 0.928. The molecule has 0 fully saturated rings. The number of rotatable bonds is 5. The summed E-state index contributed by atoms with van der Waals surface area (Å²) in [7, 11) is 1.23. The lowest BCUT2D eigenvalue weighted by Crippen LogP contribution is -2.34. The number of nitrogens with zero attached hydrogens (tertiary/aromatic N) is 1. The summed E-state index contributed by atoms with van der Waals surface area (Å²) in [6.45, 7) is -0.145. The highest BCUT2D eigenvalue weighted by atomic mass is 16.5. The standard InChI is InChI=1S/C7H10N4O5/c1-16-3(6(13)14)2-8-4-5(12)9-7(15)11-10-4/h3H,2H2,1H3,(H,8,10)(H,13,14)(H2,9,11,12,15). The van der Waals surface area contributed by atoms with E-state index in [1.165, 1.54) is 7.11 Å². The van der Waals surface area contributed by atoms with Gasteiger partial charge in [-0.2, -0.15) is 0 Å². The summed E-state index contributed by atoms with van der Waals surface area (Å²) in [5.74, 6) is -1.35. The van der Waals surface area contributed by atoms with Gasteiger partial charge in [-0.1, -0.05) is 0 Å². The molecule has 0 saturated heterocycles. The minimum absolute atomic E-state index is 0.145. The van der Waals surface area contributed by atoms with Crippen LogP contribution >= 0.6 is 0 Å². The van der Waals surface area contributed by atoms with Crippen LogP contribution in [0.4, 0.5) is 5.82 Å². The minimum atomic E-state index is -1.17. The first kappa shape index (κ1) is 11.9. The third-order valence-electron chi connectivity index (χ3n) is 1.73. The second-order valence-electron chi connectivity index (χ2n) is 2.80. The first-order valence-corrected chi connectivity index (χ1v) is 4.23. The molecule has 9 heteroatoms. The zero-order chi connectivity index (χ0) is 12.1. The van der Waals surface area contributed by atoms with Crippen molar-refractivity contribution in [2.24, 2.45) is 0 Å². The Hall–Kier alpha value is -2.16. The van der Waals surface area contributed by atoms with Gasteiger partial charge in [0.2, 0.25) is 5.82 Å². The van der Waals surface area contributed by atoms with Crippen molar-refractivity contribution in [2.45, 2.75) is 6.10 Å². The second kappa shape index (κ2) is 5.07. The minimum Gasteiger partial charge on any atom is -0.479 e. The van der Waals surface area contributed by atoms with Crippen LogP contribution in [0.2, 0.25) is 0 Å². The number of carboxylic acids is 1. The molecule has 1 atom stereocenters. The van der Waals surface area contributed by atoms with Crippen LogP contribution in [0.15, 0.2) is 9.59 Å². The molecule has 1 heterocycles. The van der Waals surface area contributed by atoms with Gasteiger partial charge in [-0.15, -0.1) is 5.10 Å². The zero-order valence-corrected chi connectivity index (χ0v) is 8.31. The molecule has 0 aliphatic heterocycles. The van der Waals surface area contributed by atoms with Gasteiger partial charge in [0.15, 0.2) is 6.10 Å². The van der Waals surface area contributed by atoms with E-state index in [0.717, 1.165) is 0 Å². The molecule has 1 rings (SSSR count). The molecule has 0 radical (unpaired) electrons. The number of aromatic amines is 2. The van der Waals surface area contributed by atoms with Gasteiger partial charge < -0.3 is 15.2 Å². The van der Waals surface area contributed by atoms with E-state index in [9.17, 15) is 14.4 Å². The quantitative estimate of drug-likeness (QED) is 0.457. The SMILES string of the molecule is COC(CNc1n[nH]c(=O)[nH]c1=O)C(=O)O. The van der Waals surface area contributed by atoms with Crippen molar-refractivity contribution >= 4 is 11.8 Å². The highest BCUT2D eigenvalue weighted by Crippen LogP contribution is 1.93. The molecule has 0 spiro atoms.